The molecule has 2 aromatic heterocycles. The molecule has 3 aromatic rings. The highest BCUT2D eigenvalue weighted by Crippen LogP contribution is 2.25. The van der Waals surface area contributed by atoms with Crippen LogP contribution in [0, 0.1) is 12.7 Å². The number of rotatable bonds is 5. The monoisotopic (exact) mass is 331 g/mol. The van der Waals surface area contributed by atoms with Crippen LogP contribution in [-0.2, 0) is 17.8 Å². The van der Waals surface area contributed by atoms with E-state index in [1.807, 2.05) is 13.0 Å². The van der Waals surface area contributed by atoms with Crippen molar-refractivity contribution in [1.29, 1.82) is 0 Å². The Labute approximate surface area is 136 Å². The molecule has 0 spiro atoms. The molecule has 118 valence electrons. The van der Waals surface area contributed by atoms with Crippen molar-refractivity contribution in [3.05, 3.63) is 58.9 Å². The second-order valence-corrected chi connectivity index (χ2v) is 6.06. The summed E-state index contributed by atoms with van der Waals surface area (Å²) < 4.78 is 14.7. The van der Waals surface area contributed by atoms with E-state index in [-0.39, 0.29) is 18.3 Å². The van der Waals surface area contributed by atoms with Gasteiger partial charge in [-0.1, -0.05) is 12.1 Å². The maximum Gasteiger partial charge on any atom is 0.247 e. The van der Waals surface area contributed by atoms with E-state index in [4.69, 9.17) is 0 Å². The molecule has 0 bridgehead atoms. The highest BCUT2D eigenvalue weighted by atomic mass is 32.1. The molecular weight excluding hydrogens is 317 g/mol. The maximum atomic E-state index is 13.2. The van der Waals surface area contributed by atoms with Crippen LogP contribution in [0.2, 0.25) is 0 Å². The molecule has 0 fully saturated rings. The molecule has 0 unspecified atom stereocenters. The van der Waals surface area contributed by atoms with Crippen LogP contribution in [0.3, 0.4) is 0 Å². The van der Waals surface area contributed by atoms with E-state index in [9.17, 15) is 9.18 Å². The number of aryl methyl sites for hydroxylation is 1. The van der Waals surface area contributed by atoms with Gasteiger partial charge in [0.25, 0.3) is 0 Å². The van der Waals surface area contributed by atoms with Gasteiger partial charge in [-0.2, -0.15) is 5.10 Å². The number of thiazole rings is 1. The third-order valence-electron chi connectivity index (χ3n) is 3.16. The Morgan fingerprint density at radius 2 is 2.30 bits per heavy atom. The average molecular weight is 331 g/mol. The van der Waals surface area contributed by atoms with Crippen molar-refractivity contribution in [2.75, 3.05) is 5.32 Å². The van der Waals surface area contributed by atoms with Gasteiger partial charge in [-0.15, -0.1) is 11.3 Å². The van der Waals surface area contributed by atoms with Crippen LogP contribution in [0.5, 0.6) is 0 Å². The Morgan fingerprint density at radius 3 is 3.04 bits per heavy atom. The molecule has 6 nitrogen and oxygen atoms in total. The van der Waals surface area contributed by atoms with E-state index >= 15 is 0 Å². The lowest BCUT2D eigenvalue weighted by Crippen LogP contribution is -2.18. The van der Waals surface area contributed by atoms with Crippen molar-refractivity contribution in [2.45, 2.75) is 19.9 Å². The van der Waals surface area contributed by atoms with Gasteiger partial charge in [-0.25, -0.2) is 19.0 Å². The van der Waals surface area contributed by atoms with Gasteiger partial charge in [0, 0.05) is 11.3 Å². The number of carbonyl (C=O) groups excluding carboxylic acids is 1. The number of aromatic nitrogens is 4. The predicted octanol–water partition coefficient (Wildman–Crippen LogP) is 2.41. The summed E-state index contributed by atoms with van der Waals surface area (Å²) in [7, 11) is 0. The maximum absolute atomic E-state index is 13.2. The molecule has 0 saturated heterocycles. The van der Waals surface area contributed by atoms with E-state index in [2.05, 4.69) is 20.4 Å². The first-order valence-electron chi connectivity index (χ1n) is 6.93. The average Bonchev–Trinajstić information content (AvgIpc) is 3.10. The molecule has 0 aliphatic carbocycles. The molecule has 0 saturated carbocycles. The van der Waals surface area contributed by atoms with E-state index < -0.39 is 0 Å². The first kappa shape index (κ1) is 15.3. The lowest BCUT2D eigenvalue weighted by atomic mass is 10.1. The van der Waals surface area contributed by atoms with Crippen molar-refractivity contribution in [1.82, 2.24) is 19.7 Å². The Morgan fingerprint density at radius 1 is 1.43 bits per heavy atom. The molecule has 0 atom stereocenters. The second kappa shape index (κ2) is 6.66. The van der Waals surface area contributed by atoms with Crippen LogP contribution in [-0.4, -0.2) is 25.7 Å². The van der Waals surface area contributed by atoms with E-state index in [1.54, 1.807) is 6.07 Å². The molecule has 8 heteroatoms. The van der Waals surface area contributed by atoms with Gasteiger partial charge < -0.3 is 5.32 Å². The number of nitrogens with zero attached hydrogens (tertiary/aromatic N) is 4. The van der Waals surface area contributed by atoms with Gasteiger partial charge in [-0.3, -0.25) is 4.79 Å². The van der Waals surface area contributed by atoms with Gasteiger partial charge >= 0.3 is 0 Å². The molecule has 23 heavy (non-hydrogen) atoms. The minimum absolute atomic E-state index is 0.0812. The minimum atomic E-state index is -0.258. The number of amides is 1. The van der Waals surface area contributed by atoms with Crippen LogP contribution in [0.15, 0.2) is 36.9 Å². The van der Waals surface area contributed by atoms with E-state index in [0.717, 1.165) is 16.1 Å². The van der Waals surface area contributed by atoms with Crippen LogP contribution in [0.1, 0.15) is 16.1 Å². The number of anilines is 1. The van der Waals surface area contributed by atoms with E-state index in [1.165, 1.54) is 40.8 Å². The molecule has 0 radical (unpaired) electrons. The van der Waals surface area contributed by atoms with Gasteiger partial charge in [0.05, 0.1) is 5.69 Å². The largest absolute Gasteiger partial charge is 0.300 e. The zero-order valence-corrected chi connectivity index (χ0v) is 13.2. The lowest BCUT2D eigenvalue weighted by Gasteiger charge is -2.01. The zero-order valence-electron chi connectivity index (χ0n) is 12.4. The first-order valence-corrected chi connectivity index (χ1v) is 7.75. The number of nitrogens with one attached hydrogen (secondary N) is 1. The van der Waals surface area contributed by atoms with Gasteiger partial charge in [0.2, 0.25) is 5.91 Å². The summed E-state index contributed by atoms with van der Waals surface area (Å²) >= 11 is 1.39. The fraction of sp³-hybridized carbons (Fsp3) is 0.200. The number of hydrogen-bond acceptors (Lipinski definition) is 5. The number of hydrogen-bond donors (Lipinski definition) is 1. The minimum Gasteiger partial charge on any atom is -0.300 e. The Hall–Kier alpha value is -2.61. The third kappa shape index (κ3) is 3.98. The smallest absolute Gasteiger partial charge is 0.247 e. The summed E-state index contributed by atoms with van der Waals surface area (Å²) in [5.41, 5.74) is 1.70. The van der Waals surface area contributed by atoms with Crippen molar-refractivity contribution in [2.24, 2.45) is 0 Å². The molecule has 2 heterocycles. The zero-order chi connectivity index (χ0) is 16.2. The van der Waals surface area contributed by atoms with Gasteiger partial charge in [-0.05, 0) is 24.6 Å². The Kier molecular flexibility index (Phi) is 4.42. The molecule has 0 aliphatic rings. The van der Waals surface area contributed by atoms with Crippen molar-refractivity contribution >= 4 is 22.4 Å². The number of carbonyl (C=O) groups is 1. The Balaban J connectivity index is 1.67. The highest BCUT2D eigenvalue weighted by Gasteiger charge is 2.12. The summed E-state index contributed by atoms with van der Waals surface area (Å²) in [6, 6.07) is 6.47. The van der Waals surface area contributed by atoms with Crippen LogP contribution < -0.4 is 5.32 Å². The summed E-state index contributed by atoms with van der Waals surface area (Å²) in [4.78, 5) is 21.0. The normalized spacial score (nSPS) is 10.7. The standard InChI is InChI=1S/C15H14FN5OS/c1-10-13(6-11-3-2-4-12(16)5-11)23-15(19-10)20-14(22)7-21-9-17-8-18-21/h2-5,8-9H,6-7H2,1H3,(H,19,20,22). The summed E-state index contributed by atoms with van der Waals surface area (Å²) in [5.74, 6) is -0.479. The molecule has 1 amide bonds. The van der Waals surface area contributed by atoms with Crippen LogP contribution >= 0.6 is 11.3 Å². The fourth-order valence-corrected chi connectivity index (χ4v) is 3.11. The fourth-order valence-electron chi connectivity index (χ4n) is 2.10. The first-order chi connectivity index (χ1) is 11.1. The topological polar surface area (TPSA) is 72.7 Å². The van der Waals surface area contributed by atoms with Gasteiger partial charge in [0.1, 0.15) is 25.0 Å². The SMILES string of the molecule is Cc1nc(NC(=O)Cn2cncn2)sc1Cc1cccc(F)c1. The number of halogens is 1. The van der Waals surface area contributed by atoms with Crippen molar-refractivity contribution < 1.29 is 9.18 Å². The third-order valence-corrected chi connectivity index (χ3v) is 4.24. The van der Waals surface area contributed by atoms with Crippen molar-refractivity contribution in [3.8, 4) is 0 Å². The summed E-state index contributed by atoms with van der Waals surface area (Å²) in [5, 5.41) is 7.15. The lowest BCUT2D eigenvalue weighted by molar-refractivity contribution is -0.116. The van der Waals surface area contributed by atoms with Crippen LogP contribution in [0.4, 0.5) is 9.52 Å². The quantitative estimate of drug-likeness (QED) is 0.779. The second-order valence-electron chi connectivity index (χ2n) is 4.98. The molecule has 1 aromatic carbocycles. The Bertz CT molecular complexity index is 815. The summed E-state index contributed by atoms with van der Waals surface area (Å²) in [6.45, 7) is 1.95. The van der Waals surface area contributed by atoms with Gasteiger partial charge in [0.15, 0.2) is 5.13 Å². The molecule has 0 aliphatic heterocycles. The summed E-state index contributed by atoms with van der Waals surface area (Å²) in [6.07, 6.45) is 3.43. The molecule has 3 rings (SSSR count). The highest BCUT2D eigenvalue weighted by molar-refractivity contribution is 7.15. The predicted molar refractivity (Wildman–Crippen MR) is 84.7 cm³/mol. The molecule has 1 N–H and O–H groups in total. The van der Waals surface area contributed by atoms with Crippen molar-refractivity contribution in [3.63, 3.8) is 0 Å². The molecular formula is C15H14FN5OS. The van der Waals surface area contributed by atoms with Crippen LogP contribution in [0.25, 0.3) is 0 Å². The van der Waals surface area contributed by atoms with E-state index in [0.29, 0.717) is 11.6 Å². The number of benzene rings is 1.